The molecule has 0 radical (unpaired) electrons. The number of ether oxygens (including phenoxy) is 1. The molecule has 0 aliphatic rings. The first kappa shape index (κ1) is 12.7. The van der Waals surface area contributed by atoms with Gasteiger partial charge in [-0.05, 0) is 13.0 Å². The number of esters is 1. The van der Waals surface area contributed by atoms with Crippen LogP contribution in [-0.4, -0.2) is 28.2 Å². The maximum Gasteiger partial charge on any atom is 0.360 e. The second-order valence-electron chi connectivity index (χ2n) is 3.90. The van der Waals surface area contributed by atoms with Gasteiger partial charge >= 0.3 is 5.97 Å². The molecule has 0 spiro atoms. The van der Waals surface area contributed by atoms with Crippen molar-refractivity contribution < 1.29 is 14.3 Å². The fourth-order valence-electron chi connectivity index (χ4n) is 1.54. The number of fused-ring (bicyclic) bond motifs is 1. The van der Waals surface area contributed by atoms with E-state index in [4.69, 9.17) is 10.5 Å². The lowest BCUT2D eigenvalue weighted by molar-refractivity contribution is -0.125. The molecule has 19 heavy (non-hydrogen) atoms. The summed E-state index contributed by atoms with van der Waals surface area (Å²) >= 11 is 0. The minimum absolute atomic E-state index is 0.0664. The summed E-state index contributed by atoms with van der Waals surface area (Å²) in [6, 6.07) is 6.46. The Morgan fingerprint density at radius 3 is 2.58 bits per heavy atom. The van der Waals surface area contributed by atoms with Gasteiger partial charge in [0.2, 0.25) is 0 Å². The van der Waals surface area contributed by atoms with Gasteiger partial charge in [-0.3, -0.25) is 9.59 Å². The molecule has 1 amide bonds. The number of amides is 1. The van der Waals surface area contributed by atoms with Crippen LogP contribution >= 0.6 is 0 Å². The van der Waals surface area contributed by atoms with Crippen molar-refractivity contribution in [3.05, 3.63) is 40.3 Å². The van der Waals surface area contributed by atoms with Crippen LogP contribution in [0.1, 0.15) is 17.4 Å². The van der Waals surface area contributed by atoms with Crippen LogP contribution in [0.25, 0.3) is 10.8 Å². The molecule has 0 saturated heterocycles. The van der Waals surface area contributed by atoms with Gasteiger partial charge in [0.05, 0.1) is 5.39 Å². The molecule has 1 aromatic heterocycles. The van der Waals surface area contributed by atoms with E-state index >= 15 is 0 Å². The van der Waals surface area contributed by atoms with E-state index in [0.717, 1.165) is 0 Å². The summed E-state index contributed by atoms with van der Waals surface area (Å²) in [5.74, 6) is -1.58. The molecule has 98 valence electrons. The lowest BCUT2D eigenvalue weighted by Crippen LogP contribution is -2.31. The number of aromatic nitrogens is 2. The van der Waals surface area contributed by atoms with Gasteiger partial charge in [-0.25, -0.2) is 9.89 Å². The average molecular weight is 261 g/mol. The van der Waals surface area contributed by atoms with Crippen LogP contribution < -0.4 is 11.3 Å². The molecular formula is C12H11N3O4. The summed E-state index contributed by atoms with van der Waals surface area (Å²) in [6.07, 6.45) is -1.07. The molecule has 1 heterocycles. The van der Waals surface area contributed by atoms with Crippen molar-refractivity contribution in [3.63, 3.8) is 0 Å². The van der Waals surface area contributed by atoms with Crippen molar-refractivity contribution in [2.75, 3.05) is 0 Å². The Hall–Kier alpha value is -2.70. The zero-order valence-electron chi connectivity index (χ0n) is 10.0. The Labute approximate surface area is 107 Å². The van der Waals surface area contributed by atoms with E-state index in [9.17, 15) is 14.4 Å². The molecular weight excluding hydrogens is 250 g/mol. The number of rotatable bonds is 3. The highest BCUT2D eigenvalue weighted by atomic mass is 16.5. The van der Waals surface area contributed by atoms with Crippen molar-refractivity contribution in [3.8, 4) is 0 Å². The summed E-state index contributed by atoms with van der Waals surface area (Å²) in [6.45, 7) is 1.36. The van der Waals surface area contributed by atoms with Crippen molar-refractivity contribution in [2.24, 2.45) is 5.73 Å². The standard InChI is InChI=1S/C12H11N3O4/c1-6(10(13)16)19-12(18)9-7-4-2-3-5-8(7)11(17)15-14-9/h2-6H,1H3,(H2,13,16)(H,15,17). The van der Waals surface area contributed by atoms with E-state index in [0.29, 0.717) is 10.8 Å². The van der Waals surface area contributed by atoms with E-state index in [2.05, 4.69) is 10.2 Å². The highest BCUT2D eigenvalue weighted by Gasteiger charge is 2.20. The van der Waals surface area contributed by atoms with E-state index in [1.165, 1.54) is 6.92 Å². The Balaban J connectivity index is 2.46. The third-order valence-corrected chi connectivity index (χ3v) is 2.57. The number of hydrogen-bond acceptors (Lipinski definition) is 5. The fourth-order valence-corrected chi connectivity index (χ4v) is 1.54. The van der Waals surface area contributed by atoms with Gasteiger partial charge in [0.1, 0.15) is 0 Å². The number of nitrogens with two attached hydrogens (primary N) is 1. The van der Waals surface area contributed by atoms with E-state index in [-0.39, 0.29) is 5.69 Å². The number of aromatic amines is 1. The summed E-state index contributed by atoms with van der Waals surface area (Å²) in [5.41, 5.74) is 4.53. The number of nitrogens with one attached hydrogen (secondary N) is 1. The van der Waals surface area contributed by atoms with E-state index in [1.807, 2.05) is 0 Å². The molecule has 7 heteroatoms. The minimum Gasteiger partial charge on any atom is -0.448 e. The van der Waals surface area contributed by atoms with Crippen LogP contribution in [0.2, 0.25) is 0 Å². The van der Waals surface area contributed by atoms with E-state index < -0.39 is 23.5 Å². The van der Waals surface area contributed by atoms with E-state index in [1.54, 1.807) is 24.3 Å². The molecule has 3 N–H and O–H groups in total. The topological polar surface area (TPSA) is 115 Å². The number of carbonyl (C=O) groups excluding carboxylic acids is 2. The third-order valence-electron chi connectivity index (χ3n) is 2.57. The highest BCUT2D eigenvalue weighted by Crippen LogP contribution is 2.13. The first-order valence-corrected chi connectivity index (χ1v) is 5.48. The molecule has 0 aliphatic heterocycles. The number of benzene rings is 1. The molecule has 0 saturated carbocycles. The Morgan fingerprint density at radius 2 is 1.95 bits per heavy atom. The van der Waals surface area contributed by atoms with Gasteiger partial charge in [0, 0.05) is 5.39 Å². The van der Waals surface area contributed by atoms with Gasteiger partial charge in [-0.2, -0.15) is 5.10 Å². The van der Waals surface area contributed by atoms with Crippen LogP contribution in [0, 0.1) is 0 Å². The van der Waals surface area contributed by atoms with Crippen molar-refractivity contribution >= 4 is 22.6 Å². The van der Waals surface area contributed by atoms with Gasteiger partial charge in [0.25, 0.3) is 11.5 Å². The quantitative estimate of drug-likeness (QED) is 0.752. The first-order valence-electron chi connectivity index (χ1n) is 5.48. The predicted molar refractivity (Wildman–Crippen MR) is 66.4 cm³/mol. The normalized spacial score (nSPS) is 12.1. The van der Waals surface area contributed by atoms with Crippen LogP contribution in [0.15, 0.2) is 29.1 Å². The number of H-pyrrole nitrogens is 1. The zero-order valence-corrected chi connectivity index (χ0v) is 10.0. The molecule has 0 bridgehead atoms. The maximum atomic E-state index is 11.9. The predicted octanol–water partition coefficient (Wildman–Crippen LogP) is -0.0463. The maximum absolute atomic E-state index is 11.9. The molecule has 7 nitrogen and oxygen atoms in total. The third kappa shape index (κ3) is 2.44. The SMILES string of the molecule is CC(OC(=O)c1n[nH]c(=O)c2ccccc12)C(N)=O. The summed E-state index contributed by atoms with van der Waals surface area (Å²) < 4.78 is 4.85. The van der Waals surface area contributed by atoms with Gasteiger partial charge < -0.3 is 10.5 Å². The Bertz CT molecular complexity index is 707. The Kier molecular flexibility index (Phi) is 3.28. The Morgan fingerprint density at radius 1 is 1.32 bits per heavy atom. The lowest BCUT2D eigenvalue weighted by atomic mass is 10.1. The van der Waals surface area contributed by atoms with Gasteiger partial charge in [-0.15, -0.1) is 0 Å². The second kappa shape index (κ2) is 4.89. The molecule has 2 rings (SSSR count). The smallest absolute Gasteiger partial charge is 0.360 e. The number of hydrogen-bond donors (Lipinski definition) is 2. The molecule has 1 unspecified atom stereocenters. The molecule has 0 fully saturated rings. The summed E-state index contributed by atoms with van der Waals surface area (Å²) in [7, 11) is 0. The number of primary amides is 1. The van der Waals surface area contributed by atoms with Crippen LogP contribution in [0.4, 0.5) is 0 Å². The zero-order chi connectivity index (χ0) is 14.0. The van der Waals surface area contributed by atoms with Gasteiger partial charge in [0.15, 0.2) is 11.8 Å². The van der Waals surface area contributed by atoms with Crippen molar-refractivity contribution in [1.82, 2.24) is 10.2 Å². The highest BCUT2D eigenvalue weighted by molar-refractivity contribution is 6.02. The number of carbonyl (C=O) groups is 2. The molecule has 2 aromatic rings. The van der Waals surface area contributed by atoms with Crippen LogP contribution in [0.5, 0.6) is 0 Å². The average Bonchev–Trinajstić information content (AvgIpc) is 2.39. The summed E-state index contributed by atoms with van der Waals surface area (Å²) in [5, 5.41) is 6.53. The molecule has 0 aliphatic carbocycles. The second-order valence-corrected chi connectivity index (χ2v) is 3.90. The molecule has 1 atom stereocenters. The fraction of sp³-hybridized carbons (Fsp3) is 0.167. The monoisotopic (exact) mass is 261 g/mol. The van der Waals surface area contributed by atoms with Crippen molar-refractivity contribution in [1.29, 1.82) is 0 Å². The van der Waals surface area contributed by atoms with Crippen LogP contribution in [-0.2, 0) is 9.53 Å². The lowest BCUT2D eigenvalue weighted by Gasteiger charge is -2.09. The first-order chi connectivity index (χ1) is 9.00. The molecule has 1 aromatic carbocycles. The van der Waals surface area contributed by atoms with Gasteiger partial charge in [-0.1, -0.05) is 18.2 Å². The van der Waals surface area contributed by atoms with Crippen LogP contribution in [0.3, 0.4) is 0 Å². The minimum atomic E-state index is -1.07. The largest absolute Gasteiger partial charge is 0.448 e. The summed E-state index contributed by atoms with van der Waals surface area (Å²) in [4.78, 5) is 34.3. The van der Waals surface area contributed by atoms with Crippen molar-refractivity contribution in [2.45, 2.75) is 13.0 Å². The number of nitrogens with zero attached hydrogens (tertiary/aromatic N) is 1.